The number of aryl methyl sites for hydroxylation is 1. The number of thiazole rings is 1. The van der Waals surface area contributed by atoms with Crippen molar-refractivity contribution in [3.63, 3.8) is 0 Å². The Morgan fingerprint density at radius 1 is 1.23 bits per heavy atom. The van der Waals surface area contributed by atoms with Gasteiger partial charge in [-0.1, -0.05) is 17.8 Å². The van der Waals surface area contributed by atoms with Crippen molar-refractivity contribution < 1.29 is 14.3 Å². The van der Waals surface area contributed by atoms with Gasteiger partial charge in [0, 0.05) is 19.5 Å². The van der Waals surface area contributed by atoms with Crippen molar-refractivity contribution in [3.05, 3.63) is 10.6 Å². The monoisotopic (exact) mass is 378 g/mol. The Morgan fingerprint density at radius 2 is 2.04 bits per heavy atom. The van der Waals surface area contributed by atoms with E-state index in [0.29, 0.717) is 42.0 Å². The first-order valence-electron chi connectivity index (χ1n) is 9.49. The summed E-state index contributed by atoms with van der Waals surface area (Å²) in [6, 6.07) is 0. The molecule has 4 rings (SSSR count). The Kier molecular flexibility index (Phi) is 5.13. The molecule has 1 aliphatic heterocycles. The van der Waals surface area contributed by atoms with Gasteiger partial charge in [-0.15, -0.1) is 0 Å². The van der Waals surface area contributed by atoms with Gasteiger partial charge in [-0.3, -0.25) is 20.4 Å². The summed E-state index contributed by atoms with van der Waals surface area (Å²) >= 11 is 1.36. The number of fused-ring (bicyclic) bond motifs is 2. The lowest BCUT2D eigenvalue weighted by Crippen LogP contribution is -2.42. The summed E-state index contributed by atoms with van der Waals surface area (Å²) in [5.74, 6) is 1.64. The Balaban J connectivity index is 1.29. The van der Waals surface area contributed by atoms with E-state index in [9.17, 15) is 9.59 Å². The van der Waals surface area contributed by atoms with Crippen LogP contribution in [-0.2, 0) is 9.53 Å². The summed E-state index contributed by atoms with van der Waals surface area (Å²) in [4.78, 5) is 31.8. The molecule has 2 saturated carbocycles. The maximum absolute atomic E-state index is 12.4. The summed E-state index contributed by atoms with van der Waals surface area (Å²) in [7, 11) is 0. The van der Waals surface area contributed by atoms with Gasteiger partial charge in [-0.25, -0.2) is 4.98 Å². The van der Waals surface area contributed by atoms with E-state index in [4.69, 9.17) is 4.74 Å². The van der Waals surface area contributed by atoms with Crippen LogP contribution in [0.2, 0.25) is 0 Å². The molecule has 2 bridgehead atoms. The fourth-order valence-electron chi connectivity index (χ4n) is 4.58. The number of amides is 2. The molecule has 2 aliphatic carbocycles. The molecule has 3 unspecified atom stereocenters. The molecule has 0 radical (unpaired) electrons. The van der Waals surface area contributed by atoms with Gasteiger partial charge in [0.2, 0.25) is 5.91 Å². The molecule has 8 heteroatoms. The number of carbonyl (C=O) groups is 2. The predicted octanol–water partition coefficient (Wildman–Crippen LogP) is 1.88. The number of anilines is 1. The van der Waals surface area contributed by atoms with E-state index in [1.807, 2.05) is 6.92 Å². The third kappa shape index (κ3) is 3.71. The quantitative estimate of drug-likeness (QED) is 0.782. The first-order chi connectivity index (χ1) is 12.6. The number of nitrogens with one attached hydrogen (secondary N) is 2. The summed E-state index contributed by atoms with van der Waals surface area (Å²) in [6.07, 6.45) is 5.56. The summed E-state index contributed by atoms with van der Waals surface area (Å²) < 4.78 is 5.35. The lowest BCUT2D eigenvalue weighted by molar-refractivity contribution is -0.123. The minimum absolute atomic E-state index is 0.0912. The first kappa shape index (κ1) is 17.7. The van der Waals surface area contributed by atoms with Crippen molar-refractivity contribution in [1.29, 1.82) is 0 Å². The van der Waals surface area contributed by atoms with E-state index in [1.165, 1.54) is 37.0 Å². The number of rotatable bonds is 4. The van der Waals surface area contributed by atoms with Crippen LogP contribution in [0.1, 0.15) is 47.5 Å². The van der Waals surface area contributed by atoms with E-state index in [1.54, 1.807) is 0 Å². The SMILES string of the molecule is Cc1nc(N2CCOCC2)sc1C(=O)NNC(=O)CC1CC2CCC1C2. The highest BCUT2D eigenvalue weighted by atomic mass is 32.1. The fourth-order valence-corrected chi connectivity index (χ4v) is 5.60. The number of hydrogen-bond donors (Lipinski definition) is 2. The van der Waals surface area contributed by atoms with Crippen molar-refractivity contribution >= 4 is 28.3 Å². The molecule has 3 fully saturated rings. The van der Waals surface area contributed by atoms with Crippen molar-refractivity contribution in [3.8, 4) is 0 Å². The van der Waals surface area contributed by atoms with Gasteiger partial charge in [0.05, 0.1) is 18.9 Å². The summed E-state index contributed by atoms with van der Waals surface area (Å²) in [6.45, 7) is 4.76. The minimum Gasteiger partial charge on any atom is -0.378 e. The van der Waals surface area contributed by atoms with Crippen LogP contribution in [-0.4, -0.2) is 43.1 Å². The van der Waals surface area contributed by atoms with E-state index < -0.39 is 0 Å². The normalized spacial score (nSPS) is 27.6. The van der Waals surface area contributed by atoms with Crippen LogP contribution < -0.4 is 15.8 Å². The molecule has 2 amide bonds. The average Bonchev–Trinajstić information content (AvgIpc) is 3.36. The smallest absolute Gasteiger partial charge is 0.281 e. The Hall–Kier alpha value is -1.67. The lowest BCUT2D eigenvalue weighted by Gasteiger charge is -2.25. The van der Waals surface area contributed by atoms with Gasteiger partial charge in [0.15, 0.2) is 5.13 Å². The van der Waals surface area contributed by atoms with Gasteiger partial charge in [-0.05, 0) is 43.9 Å². The van der Waals surface area contributed by atoms with E-state index in [2.05, 4.69) is 20.7 Å². The van der Waals surface area contributed by atoms with Crippen LogP contribution in [0, 0.1) is 24.7 Å². The zero-order valence-corrected chi connectivity index (χ0v) is 15.9. The van der Waals surface area contributed by atoms with Crippen LogP contribution in [0.5, 0.6) is 0 Å². The van der Waals surface area contributed by atoms with Gasteiger partial charge in [-0.2, -0.15) is 0 Å². The molecule has 1 aromatic heterocycles. The molecule has 26 heavy (non-hydrogen) atoms. The number of hydrogen-bond acceptors (Lipinski definition) is 6. The van der Waals surface area contributed by atoms with Gasteiger partial charge < -0.3 is 9.64 Å². The number of ether oxygens (including phenoxy) is 1. The van der Waals surface area contributed by atoms with Crippen molar-refractivity contribution in [2.75, 3.05) is 31.2 Å². The molecule has 2 N–H and O–H groups in total. The highest BCUT2D eigenvalue weighted by Crippen LogP contribution is 2.49. The number of nitrogens with zero attached hydrogens (tertiary/aromatic N) is 2. The zero-order chi connectivity index (χ0) is 18.1. The van der Waals surface area contributed by atoms with Crippen molar-refractivity contribution in [2.24, 2.45) is 17.8 Å². The lowest BCUT2D eigenvalue weighted by atomic mass is 9.86. The molecule has 3 atom stereocenters. The van der Waals surface area contributed by atoms with E-state index in [-0.39, 0.29) is 11.8 Å². The maximum atomic E-state index is 12.4. The number of carbonyl (C=O) groups excluding carboxylic acids is 2. The molecule has 3 aliphatic rings. The predicted molar refractivity (Wildman–Crippen MR) is 99.0 cm³/mol. The Bertz CT molecular complexity index is 686. The van der Waals surface area contributed by atoms with Crippen LogP contribution >= 0.6 is 11.3 Å². The molecule has 142 valence electrons. The minimum atomic E-state index is -0.291. The second-order valence-corrected chi connectivity index (χ2v) is 8.63. The van der Waals surface area contributed by atoms with Crippen LogP contribution in [0.25, 0.3) is 0 Å². The van der Waals surface area contributed by atoms with Crippen molar-refractivity contribution in [2.45, 2.75) is 39.0 Å². The standard InChI is InChI=1S/C18H26N4O3S/c1-11-16(26-18(19-11)22-4-6-25-7-5-22)17(24)21-20-15(23)10-14-9-12-2-3-13(14)8-12/h12-14H,2-10H2,1H3,(H,20,23)(H,21,24). The Morgan fingerprint density at radius 3 is 2.73 bits per heavy atom. The molecular formula is C18H26N4O3S. The molecule has 1 aromatic rings. The molecule has 0 spiro atoms. The summed E-state index contributed by atoms with van der Waals surface area (Å²) in [5, 5.41) is 0.837. The first-order valence-corrected chi connectivity index (χ1v) is 10.3. The van der Waals surface area contributed by atoms with Gasteiger partial charge >= 0.3 is 0 Å². The highest BCUT2D eigenvalue weighted by molar-refractivity contribution is 7.17. The fraction of sp³-hybridized carbons (Fsp3) is 0.722. The Labute approximate surface area is 157 Å². The molecule has 7 nitrogen and oxygen atoms in total. The molecule has 0 aromatic carbocycles. The van der Waals surface area contributed by atoms with E-state index >= 15 is 0 Å². The second kappa shape index (κ2) is 7.52. The third-order valence-electron chi connectivity index (χ3n) is 5.92. The van der Waals surface area contributed by atoms with Gasteiger partial charge in [0.25, 0.3) is 5.91 Å². The molecular weight excluding hydrogens is 352 g/mol. The van der Waals surface area contributed by atoms with Crippen molar-refractivity contribution in [1.82, 2.24) is 15.8 Å². The number of aromatic nitrogens is 1. The van der Waals surface area contributed by atoms with Gasteiger partial charge in [0.1, 0.15) is 4.88 Å². The largest absolute Gasteiger partial charge is 0.378 e. The topological polar surface area (TPSA) is 83.6 Å². The van der Waals surface area contributed by atoms with Crippen LogP contribution in [0.15, 0.2) is 0 Å². The average molecular weight is 378 g/mol. The van der Waals surface area contributed by atoms with Crippen LogP contribution in [0.3, 0.4) is 0 Å². The molecule has 2 heterocycles. The highest BCUT2D eigenvalue weighted by Gasteiger charge is 2.40. The number of hydrazine groups is 1. The number of morpholine rings is 1. The summed E-state index contributed by atoms with van der Waals surface area (Å²) in [5.41, 5.74) is 5.84. The zero-order valence-electron chi connectivity index (χ0n) is 15.1. The van der Waals surface area contributed by atoms with E-state index in [0.717, 1.165) is 24.1 Å². The third-order valence-corrected chi connectivity index (χ3v) is 7.14. The van der Waals surface area contributed by atoms with Crippen LogP contribution in [0.4, 0.5) is 5.13 Å². The second-order valence-electron chi connectivity index (χ2n) is 7.65. The maximum Gasteiger partial charge on any atom is 0.281 e. The molecule has 1 saturated heterocycles.